The number of benzene rings is 1. The van der Waals surface area contributed by atoms with Gasteiger partial charge in [0.25, 0.3) is 0 Å². The van der Waals surface area contributed by atoms with Crippen LogP contribution in [0.25, 0.3) is 39.8 Å². The topological polar surface area (TPSA) is 12.7 Å². The fraction of sp³-hybridized carbons (Fsp3) is 0.0909. The van der Waals surface area contributed by atoms with E-state index in [9.17, 15) is 0 Å². The lowest BCUT2D eigenvalue weighted by molar-refractivity contribution is -0.645. The Bertz CT molecular complexity index is 1150. The zero-order chi connectivity index (χ0) is 17.6. The van der Waals surface area contributed by atoms with E-state index in [-0.39, 0.29) is 0 Å². The summed E-state index contributed by atoms with van der Waals surface area (Å²) < 4.78 is 6.51. The normalized spacial score (nSPS) is 11.1. The molecule has 1 aromatic carbocycles. The van der Waals surface area contributed by atoms with E-state index in [0.717, 1.165) is 16.8 Å². The molecule has 0 fully saturated rings. The number of hydrogen-bond donors (Lipinski definition) is 0. The minimum absolute atomic E-state index is 1.09. The summed E-state index contributed by atoms with van der Waals surface area (Å²) in [6.45, 7) is 7.90. The van der Waals surface area contributed by atoms with E-state index in [1.807, 2.05) is 12.2 Å². The van der Waals surface area contributed by atoms with Gasteiger partial charge >= 0.3 is 0 Å². The summed E-state index contributed by atoms with van der Waals surface area (Å²) in [4.78, 5) is 0. The second kappa shape index (κ2) is 5.71. The predicted molar refractivity (Wildman–Crippen MR) is 103 cm³/mol. The standard InChI is InChI=1S/C22H21N3/c1-5-16-15-24(4)22-14-17(9-10-19(22)18(16)6-2)25-13-11-20-21(25)8-7-12-23(20)3/h5-15H,1-2H2,3-4H3/q+2. The van der Waals surface area contributed by atoms with Crippen LogP contribution < -0.4 is 9.13 Å². The van der Waals surface area contributed by atoms with Crippen LogP contribution in [0, 0.1) is 0 Å². The fourth-order valence-corrected chi connectivity index (χ4v) is 3.55. The highest BCUT2D eigenvalue weighted by molar-refractivity contribution is 5.90. The molecule has 122 valence electrons. The Kier molecular flexibility index (Phi) is 3.50. The predicted octanol–water partition coefficient (Wildman–Crippen LogP) is 3.72. The number of aromatic nitrogens is 3. The molecule has 0 aliphatic carbocycles. The van der Waals surface area contributed by atoms with Gasteiger partial charge in [0.15, 0.2) is 12.4 Å². The second-order valence-corrected chi connectivity index (χ2v) is 6.29. The van der Waals surface area contributed by atoms with E-state index in [2.05, 4.69) is 95.9 Å². The monoisotopic (exact) mass is 327 g/mol. The minimum Gasteiger partial charge on any atom is -0.311 e. The van der Waals surface area contributed by atoms with E-state index >= 15 is 0 Å². The van der Waals surface area contributed by atoms with Gasteiger partial charge in [-0.1, -0.05) is 25.3 Å². The highest BCUT2D eigenvalue weighted by Gasteiger charge is 2.15. The molecular weight excluding hydrogens is 306 g/mol. The quantitative estimate of drug-likeness (QED) is 0.509. The van der Waals surface area contributed by atoms with Crippen LogP contribution in [0.5, 0.6) is 0 Å². The van der Waals surface area contributed by atoms with E-state index in [0.29, 0.717) is 0 Å². The highest BCUT2D eigenvalue weighted by Crippen LogP contribution is 2.25. The third-order valence-electron chi connectivity index (χ3n) is 4.84. The van der Waals surface area contributed by atoms with Gasteiger partial charge in [-0.05, 0) is 18.2 Å². The molecule has 0 saturated carbocycles. The lowest BCUT2D eigenvalue weighted by Crippen LogP contribution is -2.29. The first-order valence-electron chi connectivity index (χ1n) is 8.31. The van der Waals surface area contributed by atoms with Gasteiger partial charge in [0.05, 0.1) is 11.1 Å². The molecule has 0 saturated heterocycles. The van der Waals surface area contributed by atoms with Gasteiger partial charge in [-0.25, -0.2) is 4.57 Å². The number of pyridine rings is 2. The highest BCUT2D eigenvalue weighted by atomic mass is 15.0. The van der Waals surface area contributed by atoms with Crippen molar-refractivity contribution in [2.45, 2.75) is 0 Å². The Morgan fingerprint density at radius 1 is 0.960 bits per heavy atom. The summed E-state index contributed by atoms with van der Waals surface area (Å²) >= 11 is 0. The summed E-state index contributed by atoms with van der Waals surface area (Å²) in [6, 6.07) is 12.9. The van der Waals surface area contributed by atoms with Crippen LogP contribution >= 0.6 is 0 Å². The molecular formula is C22H21N3+2. The lowest BCUT2D eigenvalue weighted by atomic mass is 10.0. The largest absolute Gasteiger partial charge is 0.311 e. The Morgan fingerprint density at radius 2 is 1.80 bits per heavy atom. The Hall–Kier alpha value is -3.20. The van der Waals surface area contributed by atoms with Crippen LogP contribution in [0.2, 0.25) is 0 Å². The molecule has 3 heterocycles. The molecule has 4 aromatic rings. The average molecular weight is 327 g/mol. The van der Waals surface area contributed by atoms with Gasteiger partial charge in [0.1, 0.15) is 19.6 Å². The van der Waals surface area contributed by atoms with Crippen LogP contribution in [0.15, 0.2) is 68.1 Å². The van der Waals surface area contributed by atoms with Gasteiger partial charge in [0.2, 0.25) is 11.0 Å². The minimum atomic E-state index is 1.09. The molecule has 0 spiro atoms. The third kappa shape index (κ3) is 2.28. The van der Waals surface area contributed by atoms with Gasteiger partial charge in [-0.2, -0.15) is 4.57 Å². The van der Waals surface area contributed by atoms with Crippen molar-refractivity contribution in [1.82, 2.24) is 4.57 Å². The second-order valence-electron chi connectivity index (χ2n) is 6.29. The maximum atomic E-state index is 3.98. The molecule has 0 atom stereocenters. The third-order valence-corrected chi connectivity index (χ3v) is 4.84. The molecule has 0 radical (unpaired) electrons. The van der Waals surface area contributed by atoms with Crippen molar-refractivity contribution in [3.05, 3.63) is 79.3 Å². The number of fused-ring (bicyclic) bond motifs is 2. The maximum absolute atomic E-state index is 3.98. The first-order chi connectivity index (χ1) is 12.1. The molecule has 0 aliphatic heterocycles. The molecule has 0 amide bonds. The number of nitrogens with zero attached hydrogens (tertiary/aromatic N) is 3. The summed E-state index contributed by atoms with van der Waals surface area (Å²) in [7, 11) is 4.14. The summed E-state index contributed by atoms with van der Waals surface area (Å²) in [5, 5.41) is 1.18. The van der Waals surface area contributed by atoms with Crippen molar-refractivity contribution in [2.75, 3.05) is 0 Å². The van der Waals surface area contributed by atoms with Crippen molar-refractivity contribution in [1.29, 1.82) is 0 Å². The van der Waals surface area contributed by atoms with Crippen LogP contribution in [0.1, 0.15) is 11.1 Å². The van der Waals surface area contributed by atoms with Gasteiger partial charge in [-0.15, -0.1) is 0 Å². The van der Waals surface area contributed by atoms with Crippen molar-refractivity contribution in [3.63, 3.8) is 0 Å². The van der Waals surface area contributed by atoms with Crippen molar-refractivity contribution < 1.29 is 9.13 Å². The maximum Gasteiger partial charge on any atom is 0.230 e. The molecule has 0 N–H and O–H groups in total. The van der Waals surface area contributed by atoms with Gasteiger partial charge in [0, 0.05) is 35.5 Å². The van der Waals surface area contributed by atoms with Crippen LogP contribution in [0.4, 0.5) is 0 Å². The zero-order valence-corrected chi connectivity index (χ0v) is 14.6. The smallest absolute Gasteiger partial charge is 0.230 e. The van der Waals surface area contributed by atoms with E-state index in [1.54, 1.807) is 0 Å². The molecule has 3 aromatic heterocycles. The Morgan fingerprint density at radius 3 is 2.56 bits per heavy atom. The van der Waals surface area contributed by atoms with Crippen molar-refractivity contribution >= 4 is 34.1 Å². The number of aryl methyl sites for hydroxylation is 2. The molecule has 3 nitrogen and oxygen atoms in total. The van der Waals surface area contributed by atoms with Gasteiger partial charge < -0.3 is 4.57 Å². The zero-order valence-electron chi connectivity index (χ0n) is 14.6. The van der Waals surface area contributed by atoms with E-state index < -0.39 is 0 Å². The van der Waals surface area contributed by atoms with Crippen molar-refractivity contribution in [3.8, 4) is 5.69 Å². The summed E-state index contributed by atoms with van der Waals surface area (Å²) in [5.74, 6) is 0. The Balaban J connectivity index is 2.01. The molecule has 4 rings (SSSR count). The Labute approximate surface area is 147 Å². The molecule has 3 heteroatoms. The summed E-state index contributed by atoms with van der Waals surface area (Å²) in [5.41, 5.74) is 6.93. The summed E-state index contributed by atoms with van der Waals surface area (Å²) in [6.07, 6.45) is 10.1. The number of hydrogen-bond acceptors (Lipinski definition) is 0. The first kappa shape index (κ1) is 15.3. The molecule has 25 heavy (non-hydrogen) atoms. The van der Waals surface area contributed by atoms with Crippen LogP contribution in [-0.2, 0) is 14.1 Å². The molecule has 0 bridgehead atoms. The average Bonchev–Trinajstić information content (AvgIpc) is 3.07. The van der Waals surface area contributed by atoms with E-state index in [1.165, 1.54) is 21.9 Å². The van der Waals surface area contributed by atoms with E-state index in [4.69, 9.17) is 0 Å². The van der Waals surface area contributed by atoms with Crippen LogP contribution in [0.3, 0.4) is 0 Å². The molecule has 0 aliphatic rings. The van der Waals surface area contributed by atoms with Gasteiger partial charge in [-0.3, -0.25) is 0 Å². The first-order valence-corrected chi connectivity index (χ1v) is 8.31. The SMILES string of the molecule is C=Cc1c[n+](C)c2cc(-n3ccc4c3ccc[n+]4C)ccc2c1C=C. The lowest BCUT2D eigenvalue weighted by Gasteiger charge is -2.09. The van der Waals surface area contributed by atoms with Crippen molar-refractivity contribution in [2.24, 2.45) is 14.1 Å². The van der Waals surface area contributed by atoms with Crippen LogP contribution in [-0.4, -0.2) is 4.57 Å². The fourth-order valence-electron chi connectivity index (χ4n) is 3.55. The molecule has 0 unspecified atom stereocenters. The number of rotatable bonds is 3.